The molecule has 1 aliphatic heterocycles. The molecule has 7 nitrogen and oxygen atoms in total. The maximum absolute atomic E-state index is 13.1. The van der Waals surface area contributed by atoms with Crippen molar-refractivity contribution < 1.29 is 18.0 Å². The zero-order valence-electron chi connectivity index (χ0n) is 18.3. The quantitative estimate of drug-likeness (QED) is 0.740. The zero-order valence-corrected chi connectivity index (χ0v) is 19.1. The second-order valence-corrected chi connectivity index (χ2v) is 10.9. The highest BCUT2D eigenvalue weighted by Gasteiger charge is 2.38. The fourth-order valence-electron chi connectivity index (χ4n) is 3.40. The Morgan fingerprint density at radius 1 is 1.00 bits per heavy atom. The van der Waals surface area contributed by atoms with Gasteiger partial charge in [0.05, 0.1) is 5.75 Å². The van der Waals surface area contributed by atoms with Crippen LogP contribution < -0.4 is 10.6 Å². The first-order chi connectivity index (χ1) is 14.5. The number of rotatable bonds is 5. The van der Waals surface area contributed by atoms with Gasteiger partial charge >= 0.3 is 0 Å². The van der Waals surface area contributed by atoms with Crippen LogP contribution in [0.3, 0.4) is 0 Å². The van der Waals surface area contributed by atoms with Crippen molar-refractivity contribution in [2.45, 2.75) is 46.7 Å². The van der Waals surface area contributed by atoms with Gasteiger partial charge in [0.2, 0.25) is 21.8 Å². The van der Waals surface area contributed by atoms with Crippen molar-refractivity contribution in [3.05, 3.63) is 59.7 Å². The Kier molecular flexibility index (Phi) is 6.52. The average molecular weight is 444 g/mol. The molecule has 1 aliphatic rings. The van der Waals surface area contributed by atoms with E-state index in [1.54, 1.807) is 31.2 Å². The molecule has 1 atom stereocenters. The predicted molar refractivity (Wildman–Crippen MR) is 122 cm³/mol. The summed E-state index contributed by atoms with van der Waals surface area (Å²) in [7, 11) is -3.58. The normalized spacial score (nSPS) is 17.0. The van der Waals surface area contributed by atoms with E-state index in [1.165, 1.54) is 4.31 Å². The molecule has 166 valence electrons. The monoisotopic (exact) mass is 443 g/mol. The van der Waals surface area contributed by atoms with E-state index in [0.717, 1.165) is 11.1 Å². The van der Waals surface area contributed by atoms with Gasteiger partial charge in [-0.25, -0.2) is 8.42 Å². The number of carbonyl (C=O) groups is 2. The second kappa shape index (κ2) is 8.80. The van der Waals surface area contributed by atoms with Crippen LogP contribution in [0.1, 0.15) is 38.8 Å². The molecule has 0 aliphatic carbocycles. The van der Waals surface area contributed by atoms with Crippen molar-refractivity contribution in [3.8, 4) is 0 Å². The molecule has 0 fully saturated rings. The van der Waals surface area contributed by atoms with Crippen molar-refractivity contribution >= 4 is 33.2 Å². The summed E-state index contributed by atoms with van der Waals surface area (Å²) in [6.07, 6.45) is 0.307. The number of carbonyl (C=O) groups excluding carboxylic acids is 2. The number of benzene rings is 2. The summed E-state index contributed by atoms with van der Waals surface area (Å²) in [6.45, 7) is 7.20. The molecule has 0 radical (unpaired) electrons. The van der Waals surface area contributed by atoms with Crippen molar-refractivity contribution in [2.75, 3.05) is 16.4 Å². The van der Waals surface area contributed by atoms with Gasteiger partial charge in [0.25, 0.3) is 0 Å². The van der Waals surface area contributed by atoms with E-state index in [2.05, 4.69) is 10.6 Å². The third kappa shape index (κ3) is 5.32. The van der Waals surface area contributed by atoms with Crippen LogP contribution in [-0.4, -0.2) is 36.3 Å². The third-order valence-corrected chi connectivity index (χ3v) is 7.13. The average Bonchev–Trinajstić information content (AvgIpc) is 2.72. The van der Waals surface area contributed by atoms with Crippen LogP contribution in [0, 0.1) is 5.41 Å². The Morgan fingerprint density at radius 3 is 2.23 bits per heavy atom. The highest BCUT2D eigenvalue weighted by molar-refractivity contribution is 7.89. The number of hydrogen-bond donors (Lipinski definition) is 2. The molecule has 31 heavy (non-hydrogen) atoms. The highest BCUT2D eigenvalue weighted by Crippen LogP contribution is 2.27. The fourth-order valence-corrected chi connectivity index (χ4v) is 4.62. The minimum atomic E-state index is -3.58. The lowest BCUT2D eigenvalue weighted by Crippen LogP contribution is -2.51. The van der Waals surface area contributed by atoms with Crippen LogP contribution in [0.5, 0.6) is 0 Å². The molecule has 0 saturated carbocycles. The van der Waals surface area contributed by atoms with Crippen LogP contribution in [0.15, 0.2) is 48.5 Å². The number of hydrogen-bond acceptors (Lipinski definition) is 4. The molecular weight excluding hydrogens is 414 g/mol. The number of nitrogens with one attached hydrogen (secondary N) is 2. The highest BCUT2D eigenvalue weighted by atomic mass is 32.2. The van der Waals surface area contributed by atoms with Crippen molar-refractivity contribution in [2.24, 2.45) is 5.41 Å². The van der Waals surface area contributed by atoms with Gasteiger partial charge in [0.1, 0.15) is 6.04 Å². The summed E-state index contributed by atoms with van der Waals surface area (Å²) in [4.78, 5) is 25.4. The van der Waals surface area contributed by atoms with Gasteiger partial charge in [-0.05, 0) is 42.7 Å². The van der Waals surface area contributed by atoms with E-state index >= 15 is 0 Å². The topological polar surface area (TPSA) is 95.6 Å². The molecule has 0 aromatic heterocycles. The molecule has 0 bridgehead atoms. The van der Waals surface area contributed by atoms with Gasteiger partial charge < -0.3 is 10.6 Å². The lowest BCUT2D eigenvalue weighted by atomic mass is 9.95. The number of anilines is 2. The Morgan fingerprint density at radius 2 is 1.61 bits per heavy atom. The molecule has 0 unspecified atom stereocenters. The first-order valence-corrected chi connectivity index (χ1v) is 11.9. The van der Waals surface area contributed by atoms with E-state index in [1.807, 2.05) is 45.0 Å². The van der Waals surface area contributed by atoms with E-state index < -0.39 is 27.4 Å². The molecule has 0 saturated heterocycles. The molecule has 2 aromatic rings. The number of amides is 2. The van der Waals surface area contributed by atoms with Gasteiger partial charge in [-0.2, -0.15) is 4.31 Å². The van der Waals surface area contributed by atoms with E-state index in [4.69, 9.17) is 0 Å². The lowest BCUT2D eigenvalue weighted by molar-refractivity contribution is -0.123. The summed E-state index contributed by atoms with van der Waals surface area (Å²) in [6, 6.07) is 13.6. The Bertz CT molecular complexity index is 1090. The Hall–Kier alpha value is -2.71. The van der Waals surface area contributed by atoms with Crippen LogP contribution in [0.4, 0.5) is 11.4 Å². The van der Waals surface area contributed by atoms with E-state index in [0.29, 0.717) is 17.8 Å². The Labute approximate surface area is 183 Å². The van der Waals surface area contributed by atoms with Crippen molar-refractivity contribution in [1.82, 2.24) is 4.31 Å². The zero-order chi connectivity index (χ0) is 22.8. The van der Waals surface area contributed by atoms with Gasteiger partial charge in [-0.3, -0.25) is 9.59 Å². The third-order valence-electron chi connectivity index (χ3n) is 5.30. The van der Waals surface area contributed by atoms with Crippen molar-refractivity contribution in [1.29, 1.82) is 0 Å². The predicted octanol–water partition coefficient (Wildman–Crippen LogP) is 3.39. The summed E-state index contributed by atoms with van der Waals surface area (Å²) < 4.78 is 26.7. The largest absolute Gasteiger partial charge is 0.326 e. The first-order valence-electron chi connectivity index (χ1n) is 10.3. The summed E-state index contributed by atoms with van der Waals surface area (Å²) in [5.74, 6) is -0.612. The molecule has 0 spiro atoms. The minimum absolute atomic E-state index is 0.0761. The van der Waals surface area contributed by atoms with E-state index in [-0.39, 0.29) is 18.2 Å². The van der Waals surface area contributed by atoms with Crippen LogP contribution in [0.25, 0.3) is 0 Å². The maximum Gasteiger partial charge on any atom is 0.243 e. The summed E-state index contributed by atoms with van der Waals surface area (Å²) in [5, 5.41) is 5.66. The molecular formula is C23H29N3O4S. The van der Waals surface area contributed by atoms with Gasteiger partial charge in [0.15, 0.2) is 0 Å². The molecule has 2 aromatic carbocycles. The SMILES string of the molecule is CCS(=O)(=O)N1Cc2ccccc2C[C@H]1C(=O)Nc1cccc(NC(=O)C(C)(C)C)c1. The Balaban J connectivity index is 1.83. The second-order valence-electron chi connectivity index (χ2n) is 8.71. The number of fused-ring (bicyclic) bond motifs is 1. The first kappa shape index (κ1) is 23.0. The molecule has 1 heterocycles. The summed E-state index contributed by atoms with van der Waals surface area (Å²) >= 11 is 0. The standard InChI is InChI=1S/C23H29N3O4S/c1-5-31(29,30)26-15-17-10-7-6-9-16(17)13-20(26)21(27)24-18-11-8-12-19(14-18)25-22(28)23(2,3)4/h6-12,14,20H,5,13,15H2,1-4H3,(H,24,27)(H,25,28)/t20-/m0/s1. The van der Waals surface area contributed by atoms with E-state index in [9.17, 15) is 18.0 Å². The van der Waals surface area contributed by atoms with Gasteiger partial charge in [0, 0.05) is 23.3 Å². The number of nitrogens with zero attached hydrogens (tertiary/aromatic N) is 1. The van der Waals surface area contributed by atoms with Crippen LogP contribution in [0.2, 0.25) is 0 Å². The molecule has 2 amide bonds. The van der Waals surface area contributed by atoms with Gasteiger partial charge in [-0.15, -0.1) is 0 Å². The van der Waals surface area contributed by atoms with Crippen LogP contribution >= 0.6 is 0 Å². The van der Waals surface area contributed by atoms with Crippen LogP contribution in [-0.2, 0) is 32.6 Å². The molecule has 8 heteroatoms. The number of sulfonamides is 1. The van der Waals surface area contributed by atoms with Crippen molar-refractivity contribution in [3.63, 3.8) is 0 Å². The fraction of sp³-hybridized carbons (Fsp3) is 0.391. The maximum atomic E-state index is 13.1. The summed E-state index contributed by atoms with van der Waals surface area (Å²) in [5.41, 5.74) is 2.38. The minimum Gasteiger partial charge on any atom is -0.326 e. The molecule has 2 N–H and O–H groups in total. The smallest absolute Gasteiger partial charge is 0.243 e. The van der Waals surface area contributed by atoms with Gasteiger partial charge in [-0.1, -0.05) is 51.1 Å². The lowest BCUT2D eigenvalue weighted by Gasteiger charge is -2.34. The molecule has 3 rings (SSSR count).